The molecule has 13 nitrogen and oxygen atoms in total. The lowest BCUT2D eigenvalue weighted by Crippen LogP contribution is -2.30. The number of anilines is 3. The van der Waals surface area contributed by atoms with E-state index in [0.29, 0.717) is 18.0 Å². The largest absolute Gasteiger partial charge is 0.494 e. The summed E-state index contributed by atoms with van der Waals surface area (Å²) in [6.45, 7) is 2.36. The number of nitro groups is 2. The lowest BCUT2D eigenvalue weighted by molar-refractivity contribution is -0.384. The van der Waals surface area contributed by atoms with Crippen LogP contribution >= 0.6 is 0 Å². The van der Waals surface area contributed by atoms with Gasteiger partial charge in [0.05, 0.1) is 16.5 Å². The minimum absolute atomic E-state index is 0.0961. The molecule has 1 heterocycles. The third kappa shape index (κ3) is 5.21. The Morgan fingerprint density at radius 3 is 2.22 bits per heavy atom. The number of carbonyl (C=O) groups excluding carboxylic acids is 1. The van der Waals surface area contributed by atoms with Crippen molar-refractivity contribution in [2.45, 2.75) is 6.92 Å². The normalized spacial score (nSPS) is 10.2. The van der Waals surface area contributed by atoms with Crippen molar-refractivity contribution in [3.63, 3.8) is 0 Å². The Morgan fingerprint density at radius 1 is 0.969 bits per heavy atom. The molecule has 0 aliphatic rings. The van der Waals surface area contributed by atoms with Crippen LogP contribution < -0.4 is 20.9 Å². The number of ether oxygens (including phenoxy) is 1. The molecule has 164 valence electrons. The van der Waals surface area contributed by atoms with E-state index in [9.17, 15) is 25.0 Å². The molecule has 0 spiro atoms. The van der Waals surface area contributed by atoms with Gasteiger partial charge in [0.25, 0.3) is 11.6 Å². The van der Waals surface area contributed by atoms with Crippen LogP contribution in [0.4, 0.5) is 28.7 Å². The van der Waals surface area contributed by atoms with Crippen LogP contribution in [0.15, 0.2) is 54.9 Å². The quantitative estimate of drug-likeness (QED) is 0.332. The van der Waals surface area contributed by atoms with Gasteiger partial charge in [-0.3, -0.25) is 35.9 Å². The maximum Gasteiger partial charge on any atom is 0.355 e. The van der Waals surface area contributed by atoms with Gasteiger partial charge in [-0.1, -0.05) is 0 Å². The van der Waals surface area contributed by atoms with Crippen molar-refractivity contribution in [2.24, 2.45) is 0 Å². The second-order valence-electron chi connectivity index (χ2n) is 6.14. The van der Waals surface area contributed by atoms with Crippen molar-refractivity contribution >= 4 is 34.6 Å². The van der Waals surface area contributed by atoms with Gasteiger partial charge in [-0.15, -0.1) is 0 Å². The smallest absolute Gasteiger partial charge is 0.355 e. The summed E-state index contributed by atoms with van der Waals surface area (Å²) < 4.78 is 5.36. The van der Waals surface area contributed by atoms with E-state index in [4.69, 9.17) is 4.74 Å². The fraction of sp³-hybridized carbons (Fsp3) is 0.105. The van der Waals surface area contributed by atoms with Crippen LogP contribution in [-0.4, -0.2) is 32.3 Å². The maximum absolute atomic E-state index is 12.3. The van der Waals surface area contributed by atoms with Gasteiger partial charge in [0.1, 0.15) is 12.1 Å². The van der Waals surface area contributed by atoms with Crippen molar-refractivity contribution in [2.75, 3.05) is 17.3 Å². The second kappa shape index (κ2) is 9.80. The van der Waals surface area contributed by atoms with Gasteiger partial charge in [0.2, 0.25) is 11.6 Å². The lowest BCUT2D eigenvalue weighted by Gasteiger charge is -2.11. The van der Waals surface area contributed by atoms with Crippen LogP contribution in [0.1, 0.15) is 17.3 Å². The number of rotatable bonds is 9. The first-order valence-electron chi connectivity index (χ1n) is 9.19. The average Bonchev–Trinajstić information content (AvgIpc) is 2.79. The van der Waals surface area contributed by atoms with Crippen LogP contribution in [0.2, 0.25) is 0 Å². The van der Waals surface area contributed by atoms with Crippen LogP contribution in [0, 0.1) is 20.2 Å². The number of non-ortho nitro benzene ring substituents is 1. The number of amides is 1. The summed E-state index contributed by atoms with van der Waals surface area (Å²) in [5, 5.41) is 25.2. The molecule has 32 heavy (non-hydrogen) atoms. The Hall–Kier alpha value is -4.81. The van der Waals surface area contributed by atoms with E-state index in [1.54, 1.807) is 24.3 Å². The highest BCUT2D eigenvalue weighted by molar-refractivity contribution is 5.95. The van der Waals surface area contributed by atoms with E-state index in [0.717, 1.165) is 6.33 Å². The first kappa shape index (κ1) is 21.9. The molecule has 3 N–H and O–H groups in total. The number of aromatic nitrogens is 2. The first-order chi connectivity index (χ1) is 15.4. The Morgan fingerprint density at radius 2 is 1.62 bits per heavy atom. The zero-order valence-corrected chi connectivity index (χ0v) is 16.6. The van der Waals surface area contributed by atoms with E-state index in [2.05, 4.69) is 26.1 Å². The van der Waals surface area contributed by atoms with Crippen LogP contribution in [0.5, 0.6) is 5.75 Å². The lowest BCUT2D eigenvalue weighted by atomic mass is 10.2. The van der Waals surface area contributed by atoms with Crippen LogP contribution in [0.25, 0.3) is 0 Å². The zero-order valence-electron chi connectivity index (χ0n) is 16.6. The Balaban J connectivity index is 1.76. The summed E-state index contributed by atoms with van der Waals surface area (Å²) in [7, 11) is 0. The Bertz CT molecular complexity index is 1140. The number of nitrogens with one attached hydrogen (secondary N) is 3. The minimum atomic E-state index is -0.697. The standard InChI is InChI=1S/C19H17N7O6/c1-2-32-15-9-5-13(6-10-15)22-17-16(26(30)31)18(21-11-20-17)23-24-19(27)12-3-7-14(8-4-12)25(28)29/h3-11H,2H2,1H3,(H,24,27)(H2,20,21,22,23). The number of hydrogen-bond acceptors (Lipinski definition) is 10. The third-order valence-electron chi connectivity index (χ3n) is 4.07. The molecule has 1 amide bonds. The van der Waals surface area contributed by atoms with E-state index < -0.39 is 21.4 Å². The predicted molar refractivity (Wildman–Crippen MR) is 114 cm³/mol. The third-order valence-corrected chi connectivity index (χ3v) is 4.07. The van der Waals surface area contributed by atoms with Gasteiger partial charge in [-0.25, -0.2) is 9.97 Å². The van der Waals surface area contributed by atoms with Gasteiger partial charge < -0.3 is 10.1 Å². The van der Waals surface area contributed by atoms with Gasteiger partial charge in [0.15, 0.2) is 0 Å². The summed E-state index contributed by atoms with van der Waals surface area (Å²) in [5.41, 5.74) is 4.63. The molecule has 0 saturated carbocycles. The molecule has 0 unspecified atom stereocenters. The van der Waals surface area contributed by atoms with Crippen LogP contribution in [-0.2, 0) is 0 Å². The molecule has 3 rings (SSSR count). The molecule has 13 heteroatoms. The highest BCUT2D eigenvalue weighted by atomic mass is 16.6. The van der Waals surface area contributed by atoms with E-state index in [-0.39, 0.29) is 22.9 Å². The summed E-state index contributed by atoms with van der Waals surface area (Å²) in [5.74, 6) is -0.379. The predicted octanol–water partition coefficient (Wildman–Crippen LogP) is 3.19. The second-order valence-corrected chi connectivity index (χ2v) is 6.14. The molecule has 1 aromatic heterocycles. The van der Waals surface area contributed by atoms with Crippen molar-refractivity contribution < 1.29 is 19.4 Å². The molecule has 0 aliphatic heterocycles. The van der Waals surface area contributed by atoms with Gasteiger partial charge in [-0.2, -0.15) is 0 Å². The van der Waals surface area contributed by atoms with E-state index >= 15 is 0 Å². The zero-order chi connectivity index (χ0) is 23.1. The number of carbonyl (C=O) groups is 1. The van der Waals surface area contributed by atoms with Gasteiger partial charge >= 0.3 is 5.69 Å². The van der Waals surface area contributed by atoms with Gasteiger partial charge in [-0.05, 0) is 43.3 Å². The molecule has 0 atom stereocenters. The fourth-order valence-corrected chi connectivity index (χ4v) is 2.60. The Kier molecular flexibility index (Phi) is 6.70. The van der Waals surface area contributed by atoms with E-state index in [1.807, 2.05) is 6.92 Å². The highest BCUT2D eigenvalue weighted by Crippen LogP contribution is 2.31. The molecule has 3 aromatic rings. The number of nitrogens with zero attached hydrogens (tertiary/aromatic N) is 4. The number of hydrogen-bond donors (Lipinski definition) is 3. The topological polar surface area (TPSA) is 174 Å². The fourth-order valence-electron chi connectivity index (χ4n) is 2.60. The maximum atomic E-state index is 12.3. The van der Waals surface area contributed by atoms with Gasteiger partial charge in [0, 0.05) is 23.4 Å². The molecule has 0 saturated heterocycles. The summed E-state index contributed by atoms with van der Waals surface area (Å²) in [4.78, 5) is 41.0. The molecule has 0 bridgehead atoms. The number of benzene rings is 2. The van der Waals surface area contributed by atoms with Crippen molar-refractivity contribution in [1.82, 2.24) is 15.4 Å². The Labute approximate surface area is 180 Å². The SMILES string of the molecule is CCOc1ccc(Nc2ncnc(NNC(=O)c3ccc([N+](=O)[O-])cc3)c2[N+](=O)[O-])cc1. The van der Waals surface area contributed by atoms with Crippen molar-refractivity contribution in [3.8, 4) is 5.75 Å². The van der Waals surface area contributed by atoms with Crippen molar-refractivity contribution in [3.05, 3.63) is 80.7 Å². The molecule has 0 fully saturated rings. The monoisotopic (exact) mass is 439 g/mol. The molecule has 2 aromatic carbocycles. The van der Waals surface area contributed by atoms with Crippen LogP contribution in [0.3, 0.4) is 0 Å². The molecular formula is C19H17N7O6. The van der Waals surface area contributed by atoms with Crippen molar-refractivity contribution in [1.29, 1.82) is 0 Å². The molecule has 0 aliphatic carbocycles. The average molecular weight is 439 g/mol. The summed E-state index contributed by atoms with van der Waals surface area (Å²) >= 11 is 0. The summed E-state index contributed by atoms with van der Waals surface area (Å²) in [6.07, 6.45) is 1.09. The van der Waals surface area contributed by atoms with E-state index in [1.165, 1.54) is 24.3 Å². The number of hydrazine groups is 1. The summed E-state index contributed by atoms with van der Waals surface area (Å²) in [6, 6.07) is 11.6. The highest BCUT2D eigenvalue weighted by Gasteiger charge is 2.24. The first-order valence-corrected chi connectivity index (χ1v) is 9.19. The molecule has 0 radical (unpaired) electrons. The number of nitro benzene ring substituents is 1. The molecular weight excluding hydrogens is 422 g/mol. The minimum Gasteiger partial charge on any atom is -0.494 e.